The third-order valence-corrected chi connectivity index (χ3v) is 7.84. The molecule has 2 aromatic carbocycles. The maximum Gasteiger partial charge on any atom is 0.123 e. The lowest BCUT2D eigenvalue weighted by molar-refractivity contribution is 0.0608. The molecule has 3 aromatic rings. The van der Waals surface area contributed by atoms with Crippen LogP contribution in [0.1, 0.15) is 30.9 Å². The van der Waals surface area contributed by atoms with E-state index in [4.69, 9.17) is 4.74 Å². The van der Waals surface area contributed by atoms with Gasteiger partial charge in [-0.05, 0) is 91.7 Å². The van der Waals surface area contributed by atoms with Crippen molar-refractivity contribution < 1.29 is 19.3 Å². The van der Waals surface area contributed by atoms with Gasteiger partial charge in [-0.2, -0.15) is 0 Å². The van der Waals surface area contributed by atoms with Crippen LogP contribution in [0.3, 0.4) is 0 Å². The van der Waals surface area contributed by atoms with Gasteiger partial charge in [0.2, 0.25) is 0 Å². The molecule has 0 bridgehead atoms. The molecule has 1 aliphatic rings. The summed E-state index contributed by atoms with van der Waals surface area (Å²) in [6.07, 6.45) is 3.70. The number of aliphatic hydroxyl groups excluding tert-OH is 2. The fourth-order valence-electron chi connectivity index (χ4n) is 4.86. The normalized spacial score (nSPS) is 19.9. The van der Waals surface area contributed by atoms with Crippen LogP contribution >= 0.6 is 11.8 Å². The van der Waals surface area contributed by atoms with Crippen LogP contribution in [0.15, 0.2) is 59.6 Å². The predicted octanol–water partition coefficient (Wildman–Crippen LogP) is 4.92. The summed E-state index contributed by atoms with van der Waals surface area (Å²) in [5, 5.41) is 22.0. The zero-order chi connectivity index (χ0) is 23.9. The van der Waals surface area contributed by atoms with Crippen LogP contribution in [-0.2, 0) is 0 Å². The highest BCUT2D eigenvalue weighted by Crippen LogP contribution is 2.33. The van der Waals surface area contributed by atoms with E-state index in [0.29, 0.717) is 12.3 Å². The number of aliphatic hydroxyl groups is 2. The van der Waals surface area contributed by atoms with Crippen molar-refractivity contribution in [1.29, 1.82) is 0 Å². The molecule has 182 valence electrons. The lowest BCUT2D eigenvalue weighted by Crippen LogP contribution is -2.43. The van der Waals surface area contributed by atoms with Crippen molar-refractivity contribution in [3.8, 4) is 5.75 Å². The van der Waals surface area contributed by atoms with Crippen LogP contribution in [0.2, 0.25) is 0 Å². The average molecular weight is 485 g/mol. The molecule has 5 nitrogen and oxygen atoms in total. The van der Waals surface area contributed by atoms with Gasteiger partial charge in [0.25, 0.3) is 0 Å². The summed E-state index contributed by atoms with van der Waals surface area (Å²) in [6, 6.07) is 14.2. The van der Waals surface area contributed by atoms with E-state index in [1.165, 1.54) is 12.1 Å². The van der Waals surface area contributed by atoms with Crippen LogP contribution < -0.4 is 4.74 Å². The topological polar surface area (TPSA) is 65.8 Å². The fourth-order valence-corrected chi connectivity index (χ4v) is 5.77. The number of fused-ring (bicyclic) bond motifs is 1. The first-order chi connectivity index (χ1) is 16.6. The average Bonchev–Trinajstić information content (AvgIpc) is 2.88. The second-order valence-corrected chi connectivity index (χ2v) is 10.1. The largest absolute Gasteiger partial charge is 0.497 e. The molecule has 2 heterocycles. The predicted molar refractivity (Wildman–Crippen MR) is 135 cm³/mol. The zero-order valence-electron chi connectivity index (χ0n) is 19.6. The third-order valence-electron chi connectivity index (χ3n) is 6.85. The summed E-state index contributed by atoms with van der Waals surface area (Å²) in [4.78, 5) is 7.89. The lowest BCUT2D eigenvalue weighted by atomic mass is 9.81. The fraction of sp³-hybridized carbons (Fsp3) is 0.444. The molecule has 1 saturated heterocycles. The number of benzene rings is 2. The molecule has 2 N–H and O–H groups in total. The number of nitrogens with zero attached hydrogens (tertiary/aromatic N) is 2. The maximum absolute atomic E-state index is 13.1. The highest BCUT2D eigenvalue weighted by atomic mass is 32.2. The Balaban J connectivity index is 1.29. The standard InChI is InChI=1S/C27H33FN2O3S/c1-33-22-5-8-26-25(16-22)24(10-12-29-26)27(32)9-2-19-11-13-30(17-20(19)18-31)14-15-34-23-6-3-21(28)4-7-23/h3-8,10,12,16,19-20,27,31-32H,2,9,11,13-15,17-18H2,1H3/t19-,20-,27+/m1/s1. The Morgan fingerprint density at radius 2 is 2.00 bits per heavy atom. The Hall–Kier alpha value is -2.19. The van der Waals surface area contributed by atoms with E-state index in [0.717, 1.165) is 65.3 Å². The maximum atomic E-state index is 13.1. The van der Waals surface area contributed by atoms with Crippen LogP contribution in [0, 0.1) is 17.7 Å². The monoisotopic (exact) mass is 484 g/mol. The molecule has 1 aliphatic heterocycles. The summed E-state index contributed by atoms with van der Waals surface area (Å²) in [6.45, 7) is 2.98. The van der Waals surface area contributed by atoms with Gasteiger partial charge in [0, 0.05) is 41.9 Å². The van der Waals surface area contributed by atoms with Crippen molar-refractivity contribution in [3.05, 3.63) is 66.1 Å². The Bertz CT molecular complexity index is 1070. The molecule has 7 heteroatoms. The molecule has 0 amide bonds. The zero-order valence-corrected chi connectivity index (χ0v) is 20.4. The van der Waals surface area contributed by atoms with Crippen LogP contribution in [0.5, 0.6) is 5.75 Å². The number of rotatable bonds is 10. The minimum atomic E-state index is -0.581. The van der Waals surface area contributed by atoms with Gasteiger partial charge in [-0.15, -0.1) is 11.8 Å². The van der Waals surface area contributed by atoms with E-state index in [-0.39, 0.29) is 18.3 Å². The SMILES string of the molecule is COc1ccc2nccc([C@@H](O)CC[C@@H]3CCN(CCSc4ccc(F)cc4)C[C@@H]3CO)c2c1. The highest BCUT2D eigenvalue weighted by molar-refractivity contribution is 7.99. The molecule has 0 spiro atoms. The number of hydrogen-bond donors (Lipinski definition) is 2. The molecule has 0 saturated carbocycles. The number of piperidine rings is 1. The quantitative estimate of drug-likeness (QED) is 0.398. The van der Waals surface area contributed by atoms with E-state index in [2.05, 4.69) is 9.88 Å². The smallest absolute Gasteiger partial charge is 0.123 e. The molecule has 34 heavy (non-hydrogen) atoms. The molecule has 3 atom stereocenters. The Morgan fingerprint density at radius 1 is 1.18 bits per heavy atom. The van der Waals surface area contributed by atoms with Gasteiger partial charge >= 0.3 is 0 Å². The van der Waals surface area contributed by atoms with Gasteiger partial charge in [0.15, 0.2) is 0 Å². The molecule has 0 unspecified atom stereocenters. The number of methoxy groups -OCH3 is 1. The Morgan fingerprint density at radius 3 is 2.76 bits per heavy atom. The Labute approximate surface area is 205 Å². The number of halogens is 1. The summed E-state index contributed by atoms with van der Waals surface area (Å²) >= 11 is 1.73. The second kappa shape index (κ2) is 12.0. The second-order valence-electron chi connectivity index (χ2n) is 8.97. The molecule has 4 rings (SSSR count). The van der Waals surface area contributed by atoms with Crippen molar-refractivity contribution in [1.82, 2.24) is 9.88 Å². The molecule has 1 fully saturated rings. The van der Waals surface area contributed by atoms with Gasteiger partial charge < -0.3 is 19.8 Å². The van der Waals surface area contributed by atoms with Gasteiger partial charge in [-0.1, -0.05) is 0 Å². The number of thioether (sulfide) groups is 1. The summed E-state index contributed by atoms with van der Waals surface area (Å²) in [7, 11) is 1.64. The highest BCUT2D eigenvalue weighted by Gasteiger charge is 2.29. The molecule has 1 aromatic heterocycles. The van der Waals surface area contributed by atoms with Crippen molar-refractivity contribution >= 4 is 22.7 Å². The van der Waals surface area contributed by atoms with E-state index >= 15 is 0 Å². The molecule has 0 radical (unpaired) electrons. The van der Waals surface area contributed by atoms with Gasteiger partial charge in [0.1, 0.15) is 11.6 Å². The van der Waals surface area contributed by atoms with Crippen LogP contribution in [0.4, 0.5) is 4.39 Å². The molecular formula is C27H33FN2O3S. The summed E-state index contributed by atoms with van der Waals surface area (Å²) in [5.74, 6) is 2.08. The van der Waals surface area contributed by atoms with Crippen LogP contribution in [0.25, 0.3) is 10.9 Å². The number of hydrogen-bond acceptors (Lipinski definition) is 6. The van der Waals surface area contributed by atoms with Crippen molar-refractivity contribution in [2.45, 2.75) is 30.3 Å². The van der Waals surface area contributed by atoms with E-state index in [1.807, 2.05) is 36.4 Å². The van der Waals surface area contributed by atoms with Crippen LogP contribution in [-0.4, -0.2) is 59.2 Å². The van der Waals surface area contributed by atoms with Crippen molar-refractivity contribution in [2.24, 2.45) is 11.8 Å². The lowest BCUT2D eigenvalue weighted by Gasteiger charge is -2.38. The van der Waals surface area contributed by atoms with E-state index < -0.39 is 6.10 Å². The number of pyridine rings is 1. The first kappa shape index (κ1) is 24.9. The summed E-state index contributed by atoms with van der Waals surface area (Å²) in [5.41, 5.74) is 1.72. The minimum absolute atomic E-state index is 0.164. The number of likely N-dealkylation sites (tertiary alicyclic amines) is 1. The number of ether oxygens (including phenoxy) is 1. The van der Waals surface area contributed by atoms with Gasteiger partial charge in [-0.25, -0.2) is 4.39 Å². The first-order valence-corrected chi connectivity index (χ1v) is 12.9. The number of aromatic nitrogens is 1. The molecular weight excluding hydrogens is 451 g/mol. The first-order valence-electron chi connectivity index (χ1n) is 11.9. The van der Waals surface area contributed by atoms with Gasteiger partial charge in [0.05, 0.1) is 18.7 Å². The van der Waals surface area contributed by atoms with E-state index in [9.17, 15) is 14.6 Å². The Kier molecular flexibility index (Phi) is 8.78. The molecule has 0 aliphatic carbocycles. The summed E-state index contributed by atoms with van der Waals surface area (Å²) < 4.78 is 18.4. The van der Waals surface area contributed by atoms with Crippen molar-refractivity contribution in [2.75, 3.05) is 39.1 Å². The van der Waals surface area contributed by atoms with E-state index in [1.54, 1.807) is 25.1 Å². The van der Waals surface area contributed by atoms with Crippen molar-refractivity contribution in [3.63, 3.8) is 0 Å². The minimum Gasteiger partial charge on any atom is -0.497 e. The third kappa shape index (κ3) is 6.27. The van der Waals surface area contributed by atoms with Gasteiger partial charge in [-0.3, -0.25) is 4.98 Å².